The third-order valence-corrected chi connectivity index (χ3v) is 2.99. The van der Waals surface area contributed by atoms with Gasteiger partial charge in [-0.2, -0.15) is 9.78 Å². The van der Waals surface area contributed by atoms with E-state index in [0.29, 0.717) is 5.69 Å². The smallest absolute Gasteiger partial charge is 0.293 e. The van der Waals surface area contributed by atoms with E-state index in [1.54, 1.807) is 6.92 Å². The molecular weight excluding hydrogens is 300 g/mol. The van der Waals surface area contributed by atoms with Crippen LogP contribution in [-0.4, -0.2) is 37.4 Å². The van der Waals surface area contributed by atoms with Gasteiger partial charge in [-0.15, -0.1) is 5.10 Å². The number of hydrazone groups is 1. The average Bonchev–Trinajstić information content (AvgIpc) is 3.14. The molecule has 2 heterocycles. The number of nitrogens with zero attached hydrogens (tertiary/aromatic N) is 6. The van der Waals surface area contributed by atoms with Crippen molar-refractivity contribution in [3.63, 3.8) is 0 Å². The molecule has 10 heteroatoms. The zero-order valence-corrected chi connectivity index (χ0v) is 12.0. The van der Waals surface area contributed by atoms with Crippen molar-refractivity contribution in [3.8, 4) is 5.82 Å². The van der Waals surface area contributed by atoms with E-state index in [1.807, 2.05) is 30.3 Å². The Morgan fingerprint density at radius 1 is 1.35 bits per heavy atom. The first-order valence-corrected chi connectivity index (χ1v) is 6.56. The summed E-state index contributed by atoms with van der Waals surface area (Å²) in [6.07, 6.45) is 1.52. The van der Waals surface area contributed by atoms with Crippen LogP contribution in [0.5, 0.6) is 0 Å². The summed E-state index contributed by atoms with van der Waals surface area (Å²) in [5, 5.41) is 18.6. The third kappa shape index (κ3) is 2.90. The van der Waals surface area contributed by atoms with E-state index in [4.69, 9.17) is 5.73 Å². The highest BCUT2D eigenvalue weighted by Gasteiger charge is 2.20. The van der Waals surface area contributed by atoms with E-state index in [2.05, 4.69) is 35.8 Å². The van der Waals surface area contributed by atoms with Crippen LogP contribution in [0.1, 0.15) is 21.7 Å². The van der Waals surface area contributed by atoms with Crippen LogP contribution in [0.3, 0.4) is 0 Å². The molecule has 0 bridgehead atoms. The fourth-order valence-electron chi connectivity index (χ4n) is 1.84. The molecule has 23 heavy (non-hydrogen) atoms. The summed E-state index contributed by atoms with van der Waals surface area (Å²) in [6, 6.07) is 9.35. The van der Waals surface area contributed by atoms with Gasteiger partial charge >= 0.3 is 0 Å². The molecule has 0 saturated carbocycles. The third-order valence-electron chi connectivity index (χ3n) is 2.99. The van der Waals surface area contributed by atoms with E-state index in [0.717, 1.165) is 5.56 Å². The maximum Gasteiger partial charge on any atom is 0.293 e. The number of nitrogens with one attached hydrogen (secondary N) is 1. The zero-order chi connectivity index (χ0) is 16.2. The van der Waals surface area contributed by atoms with Crippen molar-refractivity contribution in [2.24, 2.45) is 5.10 Å². The lowest BCUT2D eigenvalue weighted by molar-refractivity contribution is 0.0949. The van der Waals surface area contributed by atoms with Gasteiger partial charge in [-0.05, 0) is 22.8 Å². The van der Waals surface area contributed by atoms with Crippen molar-refractivity contribution in [1.29, 1.82) is 0 Å². The van der Waals surface area contributed by atoms with Crippen LogP contribution in [0, 0.1) is 6.92 Å². The first-order chi connectivity index (χ1) is 11.2. The average molecular weight is 312 g/mol. The monoisotopic (exact) mass is 312 g/mol. The molecule has 1 amide bonds. The lowest BCUT2D eigenvalue weighted by Crippen LogP contribution is -2.19. The van der Waals surface area contributed by atoms with E-state index < -0.39 is 5.91 Å². The molecule has 0 saturated heterocycles. The molecule has 0 fully saturated rings. The molecule has 0 spiro atoms. The number of nitrogen functional groups attached to an aromatic ring is 1. The van der Waals surface area contributed by atoms with E-state index in [-0.39, 0.29) is 17.3 Å². The Bertz CT molecular complexity index is 852. The molecule has 3 rings (SSSR count). The SMILES string of the molecule is Cc1c(C(=O)NN=Cc2ccccc2)nnn1-c1nonc1N. The quantitative estimate of drug-likeness (QED) is 0.522. The minimum atomic E-state index is -0.504. The summed E-state index contributed by atoms with van der Waals surface area (Å²) in [6.45, 7) is 1.64. The molecule has 0 aliphatic rings. The Hall–Kier alpha value is -3.56. The van der Waals surface area contributed by atoms with E-state index >= 15 is 0 Å². The summed E-state index contributed by atoms with van der Waals surface area (Å²) >= 11 is 0. The van der Waals surface area contributed by atoms with Gasteiger partial charge in [-0.25, -0.2) is 10.1 Å². The zero-order valence-electron chi connectivity index (χ0n) is 12.0. The number of rotatable bonds is 4. The molecule has 0 atom stereocenters. The molecular formula is C13H12N8O2. The second kappa shape index (κ2) is 6.05. The molecule has 0 aliphatic heterocycles. The molecule has 2 aromatic heterocycles. The maximum atomic E-state index is 12.1. The summed E-state index contributed by atoms with van der Waals surface area (Å²) in [7, 11) is 0. The largest absolute Gasteiger partial charge is 0.378 e. The number of aromatic nitrogens is 5. The van der Waals surface area contributed by atoms with Crippen molar-refractivity contribution >= 4 is 17.9 Å². The van der Waals surface area contributed by atoms with E-state index in [1.165, 1.54) is 10.9 Å². The summed E-state index contributed by atoms with van der Waals surface area (Å²) in [5.41, 5.74) is 9.36. The number of hydrogen-bond donors (Lipinski definition) is 2. The first-order valence-electron chi connectivity index (χ1n) is 6.56. The molecule has 116 valence electrons. The Balaban J connectivity index is 1.75. The molecule has 0 unspecified atom stereocenters. The highest BCUT2D eigenvalue weighted by Crippen LogP contribution is 2.14. The molecule has 3 N–H and O–H groups in total. The number of nitrogens with two attached hydrogens (primary N) is 1. The van der Waals surface area contributed by atoms with Crippen LogP contribution in [0.25, 0.3) is 5.82 Å². The summed E-state index contributed by atoms with van der Waals surface area (Å²) in [5.74, 6) is -0.287. The Kier molecular flexibility index (Phi) is 3.78. The topological polar surface area (TPSA) is 137 Å². The number of carbonyl (C=O) groups excluding carboxylic acids is 1. The van der Waals surface area contributed by atoms with Gasteiger partial charge in [-0.1, -0.05) is 35.5 Å². The van der Waals surface area contributed by atoms with Crippen LogP contribution in [0.15, 0.2) is 40.1 Å². The Morgan fingerprint density at radius 2 is 2.13 bits per heavy atom. The lowest BCUT2D eigenvalue weighted by Gasteiger charge is -1.99. The highest BCUT2D eigenvalue weighted by atomic mass is 16.6. The van der Waals surface area contributed by atoms with Gasteiger partial charge in [0, 0.05) is 0 Å². The number of amides is 1. The minimum absolute atomic E-state index is 0.0482. The molecule has 10 nitrogen and oxygen atoms in total. The van der Waals surface area contributed by atoms with Gasteiger partial charge < -0.3 is 5.73 Å². The van der Waals surface area contributed by atoms with Crippen LogP contribution in [-0.2, 0) is 0 Å². The molecule has 0 aliphatic carbocycles. The normalized spacial score (nSPS) is 11.0. The Labute approximate surface area is 129 Å². The van der Waals surface area contributed by atoms with Crippen molar-refractivity contribution in [1.82, 2.24) is 30.7 Å². The summed E-state index contributed by atoms with van der Waals surface area (Å²) in [4.78, 5) is 12.1. The van der Waals surface area contributed by atoms with E-state index in [9.17, 15) is 4.79 Å². The van der Waals surface area contributed by atoms with Crippen molar-refractivity contribution in [2.75, 3.05) is 5.73 Å². The lowest BCUT2D eigenvalue weighted by atomic mass is 10.2. The number of carbonyl (C=O) groups is 1. The van der Waals surface area contributed by atoms with Crippen LogP contribution in [0.2, 0.25) is 0 Å². The van der Waals surface area contributed by atoms with Crippen LogP contribution in [0.4, 0.5) is 5.82 Å². The number of anilines is 1. The van der Waals surface area contributed by atoms with Crippen molar-refractivity contribution < 1.29 is 9.42 Å². The minimum Gasteiger partial charge on any atom is -0.378 e. The highest BCUT2D eigenvalue weighted by molar-refractivity contribution is 5.94. The molecule has 3 aromatic rings. The van der Waals surface area contributed by atoms with Crippen molar-refractivity contribution in [2.45, 2.75) is 6.92 Å². The maximum absolute atomic E-state index is 12.1. The Morgan fingerprint density at radius 3 is 2.83 bits per heavy atom. The number of benzene rings is 1. The second-order valence-corrected chi connectivity index (χ2v) is 4.52. The van der Waals surface area contributed by atoms with Gasteiger partial charge in [-0.3, -0.25) is 4.79 Å². The predicted molar refractivity (Wildman–Crippen MR) is 79.9 cm³/mol. The fourth-order valence-corrected chi connectivity index (χ4v) is 1.84. The second-order valence-electron chi connectivity index (χ2n) is 4.52. The fraction of sp³-hybridized carbons (Fsp3) is 0.0769. The first kappa shape index (κ1) is 14.4. The van der Waals surface area contributed by atoms with Crippen molar-refractivity contribution in [3.05, 3.63) is 47.3 Å². The predicted octanol–water partition coefficient (Wildman–Crippen LogP) is 0.305. The van der Waals surface area contributed by atoms with Crippen LogP contribution < -0.4 is 11.2 Å². The summed E-state index contributed by atoms with van der Waals surface area (Å²) < 4.78 is 5.77. The number of hydrogen-bond acceptors (Lipinski definition) is 8. The molecule has 1 aromatic carbocycles. The van der Waals surface area contributed by atoms with Crippen LogP contribution >= 0.6 is 0 Å². The molecule has 0 radical (unpaired) electrons. The van der Waals surface area contributed by atoms with Gasteiger partial charge in [0.25, 0.3) is 5.91 Å². The van der Waals surface area contributed by atoms with Gasteiger partial charge in [0.15, 0.2) is 5.69 Å². The van der Waals surface area contributed by atoms with Gasteiger partial charge in [0.05, 0.1) is 11.9 Å². The van der Waals surface area contributed by atoms with Gasteiger partial charge in [0.1, 0.15) is 0 Å². The standard InChI is InChI=1S/C13H12N8O2/c1-8-10(16-20-21(8)12-11(14)18-23-19-12)13(22)17-15-7-9-5-3-2-4-6-9/h2-7H,1H3,(H2,14,18)(H,17,22). The van der Waals surface area contributed by atoms with Gasteiger partial charge in [0.2, 0.25) is 11.6 Å².